The molecule has 20 heavy (non-hydrogen) atoms. The lowest BCUT2D eigenvalue weighted by Crippen LogP contribution is -2.30. The monoisotopic (exact) mass is 278 g/mol. The summed E-state index contributed by atoms with van der Waals surface area (Å²) < 4.78 is 5.21. The molecule has 0 saturated heterocycles. The van der Waals surface area contributed by atoms with Crippen LogP contribution >= 0.6 is 0 Å². The van der Waals surface area contributed by atoms with Crippen LogP contribution in [0.15, 0.2) is 24.3 Å². The lowest BCUT2D eigenvalue weighted by Gasteiger charge is -2.24. The summed E-state index contributed by atoms with van der Waals surface area (Å²) in [6, 6.07) is 6.46. The predicted molar refractivity (Wildman–Crippen MR) is 72.8 cm³/mol. The Balaban J connectivity index is 1.92. The van der Waals surface area contributed by atoms with E-state index in [1.807, 2.05) is 0 Å². The van der Waals surface area contributed by atoms with E-state index in [2.05, 4.69) is 0 Å². The number of para-hydroxylation sites is 1. The number of benzene rings is 1. The van der Waals surface area contributed by atoms with Crippen molar-refractivity contribution in [2.24, 2.45) is 11.7 Å². The summed E-state index contributed by atoms with van der Waals surface area (Å²) in [5.41, 5.74) is 6.18. The Morgan fingerprint density at radius 2 is 1.95 bits per heavy atom. The van der Waals surface area contributed by atoms with Crippen LogP contribution in [-0.2, 0) is 16.1 Å². The number of hydrogen-bond acceptors (Lipinski definition) is 5. The van der Waals surface area contributed by atoms with E-state index in [4.69, 9.17) is 10.5 Å². The largest absolute Gasteiger partial charge is 0.460 e. The van der Waals surface area contributed by atoms with Crippen molar-refractivity contribution in [2.45, 2.75) is 38.3 Å². The lowest BCUT2D eigenvalue weighted by atomic mass is 9.86. The van der Waals surface area contributed by atoms with Crippen molar-refractivity contribution in [2.75, 3.05) is 0 Å². The van der Waals surface area contributed by atoms with Crippen molar-refractivity contribution in [3.8, 4) is 0 Å². The summed E-state index contributed by atoms with van der Waals surface area (Å²) in [7, 11) is 0. The number of ether oxygens (including phenoxy) is 1. The normalized spacial score (nSPS) is 22.2. The molecule has 0 spiro atoms. The van der Waals surface area contributed by atoms with E-state index in [0.29, 0.717) is 5.56 Å². The van der Waals surface area contributed by atoms with E-state index in [-0.39, 0.29) is 30.2 Å². The van der Waals surface area contributed by atoms with Crippen molar-refractivity contribution in [3.63, 3.8) is 0 Å². The second-order valence-electron chi connectivity index (χ2n) is 5.11. The van der Waals surface area contributed by atoms with Gasteiger partial charge in [0, 0.05) is 12.1 Å². The number of nitrogens with two attached hydrogens (primary N) is 1. The van der Waals surface area contributed by atoms with Gasteiger partial charge in [0.25, 0.3) is 5.69 Å². The van der Waals surface area contributed by atoms with Crippen molar-refractivity contribution in [3.05, 3.63) is 39.9 Å². The van der Waals surface area contributed by atoms with Gasteiger partial charge in [-0.3, -0.25) is 14.9 Å². The van der Waals surface area contributed by atoms with E-state index in [1.54, 1.807) is 18.2 Å². The average Bonchev–Trinajstić information content (AvgIpc) is 2.45. The molecule has 0 radical (unpaired) electrons. The van der Waals surface area contributed by atoms with Gasteiger partial charge in [0.1, 0.15) is 6.61 Å². The van der Waals surface area contributed by atoms with Gasteiger partial charge in [0.05, 0.1) is 16.4 Å². The maximum atomic E-state index is 11.9. The minimum absolute atomic E-state index is 0.0223. The maximum Gasteiger partial charge on any atom is 0.309 e. The van der Waals surface area contributed by atoms with Crippen LogP contribution in [0.5, 0.6) is 0 Å². The van der Waals surface area contributed by atoms with Crippen molar-refractivity contribution in [1.29, 1.82) is 0 Å². The van der Waals surface area contributed by atoms with E-state index < -0.39 is 4.92 Å². The zero-order valence-electron chi connectivity index (χ0n) is 11.2. The van der Waals surface area contributed by atoms with Crippen LogP contribution in [0.2, 0.25) is 0 Å². The SMILES string of the molecule is NC1CCC(C(=O)OCc2ccccc2[N+](=O)[O-])CC1. The fourth-order valence-electron chi connectivity index (χ4n) is 2.43. The third kappa shape index (κ3) is 3.54. The van der Waals surface area contributed by atoms with Gasteiger partial charge >= 0.3 is 5.97 Å². The molecule has 2 N–H and O–H groups in total. The molecule has 0 unspecified atom stereocenters. The Hall–Kier alpha value is -1.95. The molecule has 108 valence electrons. The Morgan fingerprint density at radius 3 is 2.60 bits per heavy atom. The summed E-state index contributed by atoms with van der Waals surface area (Å²) in [6.45, 7) is -0.0570. The molecule has 1 aromatic carbocycles. The smallest absolute Gasteiger partial charge is 0.309 e. The molecule has 0 aromatic heterocycles. The Bertz CT molecular complexity index is 496. The number of nitro groups is 1. The van der Waals surface area contributed by atoms with Crippen LogP contribution in [0, 0.1) is 16.0 Å². The summed E-state index contributed by atoms with van der Waals surface area (Å²) in [5, 5.41) is 10.9. The molecular weight excluding hydrogens is 260 g/mol. The number of nitrogens with zero attached hydrogens (tertiary/aromatic N) is 1. The van der Waals surface area contributed by atoms with Crippen LogP contribution in [0.4, 0.5) is 5.69 Å². The molecule has 1 fully saturated rings. The molecule has 1 aliphatic carbocycles. The van der Waals surface area contributed by atoms with Crippen LogP contribution < -0.4 is 5.73 Å². The van der Waals surface area contributed by atoms with Gasteiger partial charge in [0.15, 0.2) is 0 Å². The van der Waals surface area contributed by atoms with Crippen LogP contribution in [0.25, 0.3) is 0 Å². The number of nitro benzene ring substituents is 1. The first-order chi connectivity index (χ1) is 9.58. The molecule has 0 heterocycles. The van der Waals surface area contributed by atoms with E-state index in [9.17, 15) is 14.9 Å². The fraction of sp³-hybridized carbons (Fsp3) is 0.500. The Morgan fingerprint density at radius 1 is 1.30 bits per heavy atom. The van der Waals surface area contributed by atoms with E-state index in [1.165, 1.54) is 6.07 Å². The maximum absolute atomic E-state index is 11.9. The lowest BCUT2D eigenvalue weighted by molar-refractivity contribution is -0.385. The second kappa shape index (κ2) is 6.47. The highest BCUT2D eigenvalue weighted by molar-refractivity contribution is 5.72. The van der Waals surface area contributed by atoms with Gasteiger partial charge in [-0.05, 0) is 31.7 Å². The summed E-state index contributed by atoms with van der Waals surface area (Å²) in [4.78, 5) is 22.3. The van der Waals surface area contributed by atoms with Gasteiger partial charge in [-0.15, -0.1) is 0 Å². The van der Waals surface area contributed by atoms with Gasteiger partial charge in [-0.25, -0.2) is 0 Å². The zero-order valence-corrected chi connectivity index (χ0v) is 11.2. The summed E-state index contributed by atoms with van der Waals surface area (Å²) in [6.07, 6.45) is 3.12. The molecule has 1 saturated carbocycles. The molecule has 0 atom stereocenters. The third-order valence-corrected chi connectivity index (χ3v) is 3.66. The second-order valence-corrected chi connectivity index (χ2v) is 5.11. The van der Waals surface area contributed by atoms with Crippen LogP contribution in [0.1, 0.15) is 31.2 Å². The molecule has 1 aromatic rings. The molecule has 0 amide bonds. The number of carbonyl (C=O) groups excluding carboxylic acids is 1. The van der Waals surface area contributed by atoms with Crippen molar-refractivity contribution in [1.82, 2.24) is 0 Å². The quantitative estimate of drug-likeness (QED) is 0.517. The van der Waals surface area contributed by atoms with Gasteiger partial charge in [0.2, 0.25) is 0 Å². The van der Waals surface area contributed by atoms with Gasteiger partial charge in [-0.1, -0.05) is 12.1 Å². The standard InChI is InChI=1S/C14H18N2O4/c15-12-7-5-10(6-8-12)14(17)20-9-11-3-1-2-4-13(11)16(18)19/h1-4,10,12H,5-9,15H2. The predicted octanol–water partition coefficient (Wildman–Crippen LogP) is 2.16. The number of carbonyl (C=O) groups is 1. The van der Waals surface area contributed by atoms with E-state index in [0.717, 1.165) is 25.7 Å². The molecule has 0 bridgehead atoms. The first kappa shape index (κ1) is 14.5. The topological polar surface area (TPSA) is 95.5 Å². The van der Waals surface area contributed by atoms with Crippen molar-refractivity contribution >= 4 is 11.7 Å². The van der Waals surface area contributed by atoms with Gasteiger partial charge in [-0.2, -0.15) is 0 Å². The number of esters is 1. The first-order valence-electron chi connectivity index (χ1n) is 6.72. The minimum atomic E-state index is -0.469. The number of rotatable bonds is 4. The number of hydrogen-bond donors (Lipinski definition) is 1. The third-order valence-electron chi connectivity index (χ3n) is 3.66. The molecule has 6 nitrogen and oxygen atoms in total. The first-order valence-corrected chi connectivity index (χ1v) is 6.72. The molecular formula is C14H18N2O4. The average molecular weight is 278 g/mol. The van der Waals surface area contributed by atoms with Crippen molar-refractivity contribution < 1.29 is 14.5 Å². The molecule has 2 rings (SSSR count). The highest BCUT2D eigenvalue weighted by Crippen LogP contribution is 2.25. The Kier molecular flexibility index (Phi) is 4.68. The van der Waals surface area contributed by atoms with Crippen LogP contribution in [0.3, 0.4) is 0 Å². The minimum Gasteiger partial charge on any atom is -0.460 e. The van der Waals surface area contributed by atoms with E-state index >= 15 is 0 Å². The Labute approximate surface area is 117 Å². The highest BCUT2D eigenvalue weighted by Gasteiger charge is 2.26. The molecule has 6 heteroatoms. The molecule has 0 aliphatic heterocycles. The fourth-order valence-corrected chi connectivity index (χ4v) is 2.43. The molecule has 1 aliphatic rings. The highest BCUT2D eigenvalue weighted by atomic mass is 16.6. The summed E-state index contributed by atoms with van der Waals surface area (Å²) >= 11 is 0. The summed E-state index contributed by atoms with van der Waals surface area (Å²) in [5.74, 6) is -0.410. The van der Waals surface area contributed by atoms with Gasteiger partial charge < -0.3 is 10.5 Å². The van der Waals surface area contributed by atoms with Crippen LogP contribution in [-0.4, -0.2) is 16.9 Å². The zero-order chi connectivity index (χ0) is 14.5.